The molecule has 0 spiro atoms. The van der Waals surface area contributed by atoms with E-state index < -0.39 is 5.41 Å². The number of amides is 1. The fourth-order valence-electron chi connectivity index (χ4n) is 3.56. The number of nitriles is 1. The van der Waals surface area contributed by atoms with Crippen LogP contribution in [0.15, 0.2) is 30.3 Å². The van der Waals surface area contributed by atoms with Crippen molar-refractivity contribution in [2.24, 2.45) is 0 Å². The Morgan fingerprint density at radius 3 is 2.70 bits per heavy atom. The summed E-state index contributed by atoms with van der Waals surface area (Å²) in [5.74, 6) is 1.49. The number of methoxy groups -OCH3 is 2. The van der Waals surface area contributed by atoms with Crippen LogP contribution in [0.1, 0.15) is 37.6 Å². The van der Waals surface area contributed by atoms with Gasteiger partial charge in [-0.15, -0.1) is 5.10 Å². The summed E-state index contributed by atoms with van der Waals surface area (Å²) in [6.45, 7) is 2.65. The molecule has 1 fully saturated rings. The van der Waals surface area contributed by atoms with Crippen LogP contribution in [0.2, 0.25) is 0 Å². The third kappa shape index (κ3) is 3.12. The van der Waals surface area contributed by atoms with E-state index in [1.165, 1.54) is 7.11 Å². The smallest absolute Gasteiger partial charge is 0.233 e. The van der Waals surface area contributed by atoms with E-state index >= 15 is 0 Å². The summed E-state index contributed by atoms with van der Waals surface area (Å²) in [4.78, 5) is 17.5. The first-order chi connectivity index (χ1) is 14.6. The number of pyridine rings is 1. The maximum atomic E-state index is 12.7. The topological polar surface area (TPSA) is 102 Å². The number of carbonyl (C=O) groups excluding carboxylic acids is 1. The van der Waals surface area contributed by atoms with Crippen LogP contribution < -0.4 is 14.8 Å². The Hall–Kier alpha value is -3.60. The summed E-state index contributed by atoms with van der Waals surface area (Å²) >= 11 is 0. The fraction of sp³-hybridized carbons (Fsp3) is 0.364. The molecule has 1 aliphatic carbocycles. The fourth-order valence-corrected chi connectivity index (χ4v) is 3.56. The number of benzene rings is 1. The molecule has 2 heterocycles. The number of carbonyl (C=O) groups is 1. The van der Waals surface area contributed by atoms with E-state index in [0.29, 0.717) is 35.2 Å². The lowest BCUT2D eigenvalue weighted by molar-refractivity contribution is -0.123. The average molecular weight is 405 g/mol. The monoisotopic (exact) mass is 405 g/mol. The third-order valence-electron chi connectivity index (χ3n) is 5.44. The van der Waals surface area contributed by atoms with E-state index in [-0.39, 0.29) is 5.91 Å². The summed E-state index contributed by atoms with van der Waals surface area (Å²) in [6, 6.07) is 11.2. The van der Waals surface area contributed by atoms with Crippen LogP contribution in [0.25, 0.3) is 16.8 Å². The number of nitrogens with one attached hydrogen (secondary N) is 1. The SMILES string of the molecule is CCCNC(=O)C1(c2nc3c(-c4ccc(C#N)c(OC)c4)ccc(OC)n3n2)CC1. The summed E-state index contributed by atoms with van der Waals surface area (Å²) in [5.41, 5.74) is 2.01. The van der Waals surface area contributed by atoms with Gasteiger partial charge in [0.15, 0.2) is 11.5 Å². The van der Waals surface area contributed by atoms with Crippen molar-refractivity contribution in [3.8, 4) is 28.8 Å². The van der Waals surface area contributed by atoms with Crippen LogP contribution in [-0.2, 0) is 10.2 Å². The molecule has 1 saturated carbocycles. The highest BCUT2D eigenvalue weighted by Gasteiger charge is 2.54. The van der Waals surface area contributed by atoms with Gasteiger partial charge in [-0.25, -0.2) is 4.98 Å². The molecule has 0 radical (unpaired) electrons. The Morgan fingerprint density at radius 2 is 2.07 bits per heavy atom. The van der Waals surface area contributed by atoms with Crippen molar-refractivity contribution in [2.45, 2.75) is 31.6 Å². The molecule has 1 amide bonds. The predicted molar refractivity (Wildman–Crippen MR) is 110 cm³/mol. The molecule has 30 heavy (non-hydrogen) atoms. The Kier molecular flexibility index (Phi) is 5.04. The molecule has 0 unspecified atom stereocenters. The number of fused-ring (bicyclic) bond motifs is 1. The summed E-state index contributed by atoms with van der Waals surface area (Å²) in [7, 11) is 3.10. The van der Waals surface area contributed by atoms with Crippen LogP contribution in [0.5, 0.6) is 11.6 Å². The van der Waals surface area contributed by atoms with Gasteiger partial charge in [0, 0.05) is 18.2 Å². The Labute approximate surface area is 174 Å². The molecule has 154 valence electrons. The Morgan fingerprint density at radius 1 is 1.27 bits per heavy atom. The number of rotatable bonds is 7. The zero-order chi connectivity index (χ0) is 21.3. The molecule has 8 heteroatoms. The van der Waals surface area contributed by atoms with Gasteiger partial charge in [0.1, 0.15) is 17.2 Å². The summed E-state index contributed by atoms with van der Waals surface area (Å²) < 4.78 is 12.4. The second-order valence-electron chi connectivity index (χ2n) is 7.33. The van der Waals surface area contributed by atoms with Crippen molar-refractivity contribution in [1.82, 2.24) is 19.9 Å². The van der Waals surface area contributed by atoms with Crippen LogP contribution in [0.3, 0.4) is 0 Å². The minimum Gasteiger partial charge on any atom is -0.495 e. The van der Waals surface area contributed by atoms with E-state index in [9.17, 15) is 10.1 Å². The molecule has 3 aromatic rings. The van der Waals surface area contributed by atoms with Crippen LogP contribution >= 0.6 is 0 Å². The highest BCUT2D eigenvalue weighted by atomic mass is 16.5. The van der Waals surface area contributed by atoms with Gasteiger partial charge in [-0.05, 0) is 43.0 Å². The first-order valence-corrected chi connectivity index (χ1v) is 9.89. The lowest BCUT2D eigenvalue weighted by atomic mass is 10.0. The zero-order valence-electron chi connectivity index (χ0n) is 17.2. The van der Waals surface area contributed by atoms with Crippen molar-refractivity contribution in [3.63, 3.8) is 0 Å². The lowest BCUT2D eigenvalue weighted by Crippen LogP contribution is -2.35. The van der Waals surface area contributed by atoms with Gasteiger partial charge >= 0.3 is 0 Å². The Bertz CT molecular complexity index is 1160. The van der Waals surface area contributed by atoms with Gasteiger partial charge in [-0.3, -0.25) is 4.79 Å². The maximum absolute atomic E-state index is 12.7. The molecule has 2 aromatic heterocycles. The van der Waals surface area contributed by atoms with Gasteiger partial charge in [0.25, 0.3) is 0 Å². The molecule has 0 atom stereocenters. The zero-order valence-corrected chi connectivity index (χ0v) is 17.2. The molecule has 0 saturated heterocycles. The van der Waals surface area contributed by atoms with E-state index in [0.717, 1.165) is 30.4 Å². The molecule has 1 aliphatic rings. The molecule has 0 aliphatic heterocycles. The number of aromatic nitrogens is 3. The highest BCUT2D eigenvalue weighted by molar-refractivity contribution is 5.90. The number of ether oxygens (including phenoxy) is 2. The van der Waals surface area contributed by atoms with Gasteiger partial charge < -0.3 is 14.8 Å². The predicted octanol–water partition coefficient (Wildman–Crippen LogP) is 2.84. The largest absolute Gasteiger partial charge is 0.495 e. The van der Waals surface area contributed by atoms with Crippen molar-refractivity contribution in [1.29, 1.82) is 5.26 Å². The number of hydrogen-bond donors (Lipinski definition) is 1. The van der Waals surface area contributed by atoms with Crippen molar-refractivity contribution in [2.75, 3.05) is 20.8 Å². The highest BCUT2D eigenvalue weighted by Crippen LogP contribution is 2.47. The van der Waals surface area contributed by atoms with Gasteiger partial charge in [-0.1, -0.05) is 13.0 Å². The molecule has 8 nitrogen and oxygen atoms in total. The lowest BCUT2D eigenvalue weighted by Gasteiger charge is -2.10. The van der Waals surface area contributed by atoms with E-state index in [1.807, 2.05) is 25.1 Å². The van der Waals surface area contributed by atoms with Gasteiger partial charge in [0.2, 0.25) is 11.8 Å². The molecule has 0 bridgehead atoms. The van der Waals surface area contributed by atoms with Crippen molar-refractivity contribution in [3.05, 3.63) is 41.7 Å². The summed E-state index contributed by atoms with van der Waals surface area (Å²) in [6.07, 6.45) is 2.32. The first kappa shape index (κ1) is 19.7. The first-order valence-electron chi connectivity index (χ1n) is 9.89. The quantitative estimate of drug-likeness (QED) is 0.649. The normalized spacial score (nSPS) is 14.2. The molecule has 1 N–H and O–H groups in total. The minimum atomic E-state index is -0.675. The Balaban J connectivity index is 1.84. The van der Waals surface area contributed by atoms with Gasteiger partial charge in [0.05, 0.1) is 19.8 Å². The number of hydrogen-bond acceptors (Lipinski definition) is 6. The molecular formula is C22H23N5O3. The third-order valence-corrected chi connectivity index (χ3v) is 5.44. The van der Waals surface area contributed by atoms with Gasteiger partial charge in [-0.2, -0.15) is 9.78 Å². The second kappa shape index (κ2) is 7.67. The van der Waals surface area contributed by atoms with Crippen LogP contribution in [0, 0.1) is 11.3 Å². The van der Waals surface area contributed by atoms with E-state index in [4.69, 9.17) is 14.5 Å². The molecule has 4 rings (SSSR count). The molecule has 1 aromatic carbocycles. The number of nitrogens with zero attached hydrogens (tertiary/aromatic N) is 4. The van der Waals surface area contributed by atoms with E-state index in [1.54, 1.807) is 23.8 Å². The van der Waals surface area contributed by atoms with Crippen LogP contribution in [0.4, 0.5) is 0 Å². The summed E-state index contributed by atoms with van der Waals surface area (Å²) in [5, 5.41) is 16.9. The van der Waals surface area contributed by atoms with Crippen molar-refractivity contribution >= 4 is 11.6 Å². The minimum absolute atomic E-state index is 0.0270. The average Bonchev–Trinajstić information content (AvgIpc) is 3.48. The molecular weight excluding hydrogens is 382 g/mol. The standard InChI is InChI=1S/C22H23N5O3/c1-4-11-24-21(28)22(9-10-22)20-25-19-16(7-8-18(30-3)27(19)26-20)14-5-6-15(13-23)17(12-14)29-2/h5-8,12H,4,9-11H2,1-3H3,(H,24,28). The van der Waals surface area contributed by atoms with E-state index in [2.05, 4.69) is 16.5 Å². The van der Waals surface area contributed by atoms with Crippen LogP contribution in [-0.4, -0.2) is 41.3 Å². The van der Waals surface area contributed by atoms with Crippen molar-refractivity contribution < 1.29 is 14.3 Å². The maximum Gasteiger partial charge on any atom is 0.233 e. The second-order valence-corrected chi connectivity index (χ2v) is 7.33.